The molecule has 3 rings (SSSR count). The second-order valence-electron chi connectivity index (χ2n) is 5.54. The Kier molecular flexibility index (Phi) is 3.17. The molecule has 6 nitrogen and oxygen atoms in total. The maximum atomic E-state index is 12.3. The Morgan fingerprint density at radius 3 is 3.00 bits per heavy atom. The van der Waals surface area contributed by atoms with Crippen molar-refractivity contribution in [3.05, 3.63) is 18.0 Å². The van der Waals surface area contributed by atoms with Crippen molar-refractivity contribution in [2.45, 2.75) is 13.8 Å². The van der Waals surface area contributed by atoms with Gasteiger partial charge in [-0.1, -0.05) is 6.92 Å². The monoisotopic (exact) mass is 273 g/mol. The second kappa shape index (κ2) is 4.86. The molecular formula is C14H19N5O. The summed E-state index contributed by atoms with van der Waals surface area (Å²) in [6, 6.07) is 1.94. The first-order valence-electron chi connectivity index (χ1n) is 6.87. The first kappa shape index (κ1) is 13.1. The van der Waals surface area contributed by atoms with E-state index in [9.17, 15) is 4.79 Å². The van der Waals surface area contributed by atoms with Crippen LogP contribution in [0.5, 0.6) is 0 Å². The summed E-state index contributed by atoms with van der Waals surface area (Å²) in [5.74, 6) is 0.456. The van der Waals surface area contributed by atoms with Gasteiger partial charge in [-0.2, -0.15) is 5.10 Å². The van der Waals surface area contributed by atoms with Gasteiger partial charge in [0, 0.05) is 19.0 Å². The molecule has 2 N–H and O–H groups in total. The summed E-state index contributed by atoms with van der Waals surface area (Å²) < 4.78 is 1.75. The number of nitrogens with one attached hydrogen (secondary N) is 2. The molecular weight excluding hydrogens is 254 g/mol. The normalized spacial score (nSPS) is 22.4. The molecule has 6 heteroatoms. The zero-order valence-electron chi connectivity index (χ0n) is 12.0. The SMILES string of the molecule is Cc1nn(C)c2ncc(NC(=O)[C@@H]3CNC[C@H]3C)cc12. The maximum absolute atomic E-state index is 12.3. The van der Waals surface area contributed by atoms with Crippen LogP contribution in [-0.2, 0) is 11.8 Å². The zero-order chi connectivity index (χ0) is 14.3. The van der Waals surface area contributed by atoms with Gasteiger partial charge in [0.15, 0.2) is 5.65 Å². The van der Waals surface area contributed by atoms with E-state index in [2.05, 4.69) is 27.6 Å². The predicted molar refractivity (Wildman–Crippen MR) is 77.4 cm³/mol. The van der Waals surface area contributed by atoms with Crippen LogP contribution in [0.2, 0.25) is 0 Å². The minimum absolute atomic E-state index is 0.0284. The van der Waals surface area contributed by atoms with Crippen molar-refractivity contribution in [3.8, 4) is 0 Å². The van der Waals surface area contributed by atoms with Gasteiger partial charge < -0.3 is 10.6 Å². The lowest BCUT2D eigenvalue weighted by atomic mass is 9.97. The van der Waals surface area contributed by atoms with Crippen LogP contribution in [0.4, 0.5) is 5.69 Å². The van der Waals surface area contributed by atoms with E-state index in [1.165, 1.54) is 0 Å². The number of hydrogen-bond acceptors (Lipinski definition) is 4. The van der Waals surface area contributed by atoms with Gasteiger partial charge in [-0.25, -0.2) is 4.98 Å². The molecule has 106 valence electrons. The fraction of sp³-hybridized carbons (Fsp3) is 0.500. The smallest absolute Gasteiger partial charge is 0.229 e. The van der Waals surface area contributed by atoms with Crippen molar-refractivity contribution in [1.82, 2.24) is 20.1 Å². The third kappa shape index (κ3) is 2.16. The Balaban J connectivity index is 1.84. The molecule has 2 aromatic heterocycles. The first-order valence-corrected chi connectivity index (χ1v) is 6.87. The van der Waals surface area contributed by atoms with E-state index >= 15 is 0 Å². The molecule has 1 aliphatic heterocycles. The quantitative estimate of drug-likeness (QED) is 0.858. The standard InChI is InChI=1S/C14H19N5O/c1-8-5-15-7-12(8)14(20)17-10-4-11-9(2)18-19(3)13(11)16-6-10/h4,6,8,12,15H,5,7H2,1-3H3,(H,17,20)/t8-,12-/m1/s1. The topological polar surface area (TPSA) is 71.8 Å². The van der Waals surface area contributed by atoms with E-state index in [0.717, 1.165) is 35.5 Å². The molecule has 0 saturated carbocycles. The molecule has 1 saturated heterocycles. The van der Waals surface area contributed by atoms with Crippen LogP contribution >= 0.6 is 0 Å². The van der Waals surface area contributed by atoms with Gasteiger partial charge in [0.05, 0.1) is 23.5 Å². The number of rotatable bonds is 2. The molecule has 0 aromatic carbocycles. The van der Waals surface area contributed by atoms with E-state index in [-0.39, 0.29) is 11.8 Å². The zero-order valence-corrected chi connectivity index (χ0v) is 12.0. The number of nitrogens with zero attached hydrogens (tertiary/aromatic N) is 3. The molecule has 2 atom stereocenters. The first-order chi connectivity index (χ1) is 9.56. The van der Waals surface area contributed by atoms with Gasteiger partial charge in [0.25, 0.3) is 0 Å². The average molecular weight is 273 g/mol. The summed E-state index contributed by atoms with van der Waals surface area (Å²) in [4.78, 5) is 16.6. The van der Waals surface area contributed by atoms with Gasteiger partial charge in [-0.3, -0.25) is 9.48 Å². The fourth-order valence-electron chi connectivity index (χ4n) is 2.77. The average Bonchev–Trinajstić information content (AvgIpc) is 2.95. The van der Waals surface area contributed by atoms with E-state index in [1.807, 2.05) is 20.0 Å². The summed E-state index contributed by atoms with van der Waals surface area (Å²) in [6.07, 6.45) is 1.69. The molecule has 3 heterocycles. The number of aromatic nitrogens is 3. The third-order valence-electron chi connectivity index (χ3n) is 3.98. The molecule has 0 unspecified atom stereocenters. The molecule has 0 radical (unpaired) electrons. The van der Waals surface area contributed by atoms with Gasteiger partial charge >= 0.3 is 0 Å². The Hall–Kier alpha value is -1.95. The molecule has 0 aliphatic carbocycles. The third-order valence-corrected chi connectivity index (χ3v) is 3.98. The van der Waals surface area contributed by atoms with Crippen LogP contribution in [0.3, 0.4) is 0 Å². The Labute approximate surface area is 117 Å². The lowest BCUT2D eigenvalue weighted by molar-refractivity contribution is -0.120. The van der Waals surface area contributed by atoms with Crippen LogP contribution in [0.25, 0.3) is 11.0 Å². The number of fused-ring (bicyclic) bond motifs is 1. The molecule has 0 spiro atoms. The Morgan fingerprint density at radius 1 is 1.50 bits per heavy atom. The molecule has 1 aliphatic rings. The van der Waals surface area contributed by atoms with Crippen molar-refractivity contribution >= 4 is 22.6 Å². The number of carbonyl (C=O) groups excluding carboxylic acids is 1. The minimum Gasteiger partial charge on any atom is -0.324 e. The summed E-state index contributed by atoms with van der Waals surface area (Å²) in [7, 11) is 1.87. The number of anilines is 1. The fourth-order valence-corrected chi connectivity index (χ4v) is 2.77. The van der Waals surface area contributed by atoms with Crippen molar-refractivity contribution in [3.63, 3.8) is 0 Å². The summed E-state index contributed by atoms with van der Waals surface area (Å²) in [6.45, 7) is 5.68. The Morgan fingerprint density at radius 2 is 2.30 bits per heavy atom. The van der Waals surface area contributed by atoms with Crippen LogP contribution in [0.1, 0.15) is 12.6 Å². The highest BCUT2D eigenvalue weighted by atomic mass is 16.1. The second-order valence-corrected chi connectivity index (χ2v) is 5.54. The van der Waals surface area contributed by atoms with E-state index in [1.54, 1.807) is 10.9 Å². The van der Waals surface area contributed by atoms with Crippen LogP contribution in [0, 0.1) is 18.8 Å². The highest BCUT2D eigenvalue weighted by molar-refractivity contribution is 5.95. The van der Waals surface area contributed by atoms with Crippen LogP contribution in [0.15, 0.2) is 12.3 Å². The molecule has 1 fully saturated rings. The number of hydrogen-bond donors (Lipinski definition) is 2. The van der Waals surface area contributed by atoms with E-state index < -0.39 is 0 Å². The van der Waals surface area contributed by atoms with E-state index in [0.29, 0.717) is 5.92 Å². The number of pyridine rings is 1. The van der Waals surface area contributed by atoms with Crippen LogP contribution in [-0.4, -0.2) is 33.8 Å². The Bertz CT molecular complexity index is 663. The summed E-state index contributed by atoms with van der Waals surface area (Å²) >= 11 is 0. The highest BCUT2D eigenvalue weighted by Gasteiger charge is 2.29. The maximum Gasteiger partial charge on any atom is 0.229 e. The van der Waals surface area contributed by atoms with Crippen molar-refractivity contribution in [2.24, 2.45) is 18.9 Å². The number of carbonyl (C=O) groups is 1. The van der Waals surface area contributed by atoms with Crippen LogP contribution < -0.4 is 10.6 Å². The number of amides is 1. The highest BCUT2D eigenvalue weighted by Crippen LogP contribution is 2.22. The minimum atomic E-state index is 0.0284. The van der Waals surface area contributed by atoms with Gasteiger partial charge in [-0.15, -0.1) is 0 Å². The molecule has 1 amide bonds. The molecule has 2 aromatic rings. The molecule has 0 bridgehead atoms. The summed E-state index contributed by atoms with van der Waals surface area (Å²) in [5.41, 5.74) is 2.48. The summed E-state index contributed by atoms with van der Waals surface area (Å²) in [5, 5.41) is 11.5. The molecule has 20 heavy (non-hydrogen) atoms. The lowest BCUT2D eigenvalue weighted by Crippen LogP contribution is -2.27. The van der Waals surface area contributed by atoms with Crippen molar-refractivity contribution < 1.29 is 4.79 Å². The van der Waals surface area contributed by atoms with E-state index in [4.69, 9.17) is 0 Å². The lowest BCUT2D eigenvalue weighted by Gasteiger charge is -2.14. The largest absolute Gasteiger partial charge is 0.324 e. The van der Waals surface area contributed by atoms with Crippen molar-refractivity contribution in [2.75, 3.05) is 18.4 Å². The van der Waals surface area contributed by atoms with Gasteiger partial charge in [0.1, 0.15) is 0 Å². The van der Waals surface area contributed by atoms with Crippen molar-refractivity contribution in [1.29, 1.82) is 0 Å². The predicted octanol–water partition coefficient (Wildman–Crippen LogP) is 1.07. The van der Waals surface area contributed by atoms with Gasteiger partial charge in [0.2, 0.25) is 5.91 Å². The number of aryl methyl sites for hydroxylation is 2. The van der Waals surface area contributed by atoms with Gasteiger partial charge in [-0.05, 0) is 25.5 Å².